The molecule has 11 heteroatoms. The number of anilines is 2. The first-order chi connectivity index (χ1) is 19.0. The molecule has 2 amide bonds. The van der Waals surface area contributed by atoms with Gasteiger partial charge in [-0.1, -0.05) is 68.2 Å². The van der Waals surface area contributed by atoms with Crippen LogP contribution in [0.4, 0.5) is 24.5 Å². The van der Waals surface area contributed by atoms with Gasteiger partial charge in [0.2, 0.25) is 0 Å². The van der Waals surface area contributed by atoms with Crippen molar-refractivity contribution in [3.8, 4) is 11.5 Å². The molecule has 0 saturated carbocycles. The van der Waals surface area contributed by atoms with Crippen molar-refractivity contribution < 1.29 is 32.2 Å². The van der Waals surface area contributed by atoms with Gasteiger partial charge in [-0.25, -0.2) is 0 Å². The molecule has 0 aromatic heterocycles. The molecule has 4 rings (SSSR count). The topological polar surface area (TPSA) is 67.9 Å². The van der Waals surface area contributed by atoms with Gasteiger partial charge in [0.1, 0.15) is 0 Å². The summed E-state index contributed by atoms with van der Waals surface area (Å²) in [5, 5.41) is 2.86. The zero-order valence-electron chi connectivity index (χ0n) is 21.7. The molecular formula is C29H25F3N2O4S2. The third-order valence-electron chi connectivity index (χ3n) is 5.93. The Labute approximate surface area is 239 Å². The van der Waals surface area contributed by atoms with Crippen LogP contribution in [-0.4, -0.2) is 29.9 Å². The lowest BCUT2D eigenvalue weighted by molar-refractivity contribution is -0.137. The average molecular weight is 587 g/mol. The van der Waals surface area contributed by atoms with E-state index in [0.29, 0.717) is 17.1 Å². The van der Waals surface area contributed by atoms with Crippen molar-refractivity contribution in [2.45, 2.75) is 25.9 Å². The molecule has 1 N–H and O–H groups in total. The van der Waals surface area contributed by atoms with Crippen molar-refractivity contribution in [3.63, 3.8) is 0 Å². The summed E-state index contributed by atoms with van der Waals surface area (Å²) >= 11 is 6.27. The van der Waals surface area contributed by atoms with Gasteiger partial charge in [0.15, 0.2) is 22.4 Å². The van der Waals surface area contributed by atoms with Gasteiger partial charge in [0.05, 0.1) is 23.3 Å². The van der Waals surface area contributed by atoms with Crippen LogP contribution in [-0.2, 0) is 15.8 Å². The Morgan fingerprint density at radius 3 is 2.52 bits per heavy atom. The van der Waals surface area contributed by atoms with E-state index in [1.165, 1.54) is 19.2 Å². The van der Waals surface area contributed by atoms with Crippen molar-refractivity contribution in [3.05, 3.63) is 88.3 Å². The van der Waals surface area contributed by atoms with Crippen LogP contribution >= 0.6 is 24.0 Å². The number of nitrogens with one attached hydrogen (secondary N) is 1. The van der Waals surface area contributed by atoms with Crippen molar-refractivity contribution in [1.29, 1.82) is 0 Å². The summed E-state index contributed by atoms with van der Waals surface area (Å²) in [6.07, 6.45) is -2.99. The number of hydrogen-bond donors (Lipinski definition) is 1. The van der Waals surface area contributed by atoms with Crippen molar-refractivity contribution in [1.82, 2.24) is 0 Å². The molecule has 1 fully saturated rings. The minimum absolute atomic E-state index is 0.0383. The first-order valence-electron chi connectivity index (χ1n) is 12.1. The van der Waals surface area contributed by atoms with Crippen LogP contribution in [0.15, 0.2) is 71.6 Å². The van der Waals surface area contributed by atoms with Crippen LogP contribution < -0.4 is 19.7 Å². The molecule has 0 unspecified atom stereocenters. The zero-order chi connectivity index (χ0) is 29.0. The summed E-state index contributed by atoms with van der Waals surface area (Å²) in [5.41, 5.74) is 1.47. The lowest BCUT2D eigenvalue weighted by atomic mass is 10.0. The third kappa shape index (κ3) is 6.65. The van der Waals surface area contributed by atoms with Gasteiger partial charge in [-0.05, 0) is 59.5 Å². The zero-order valence-corrected chi connectivity index (χ0v) is 23.4. The maximum atomic E-state index is 13.2. The highest BCUT2D eigenvalue weighted by Gasteiger charge is 2.36. The Kier molecular flexibility index (Phi) is 8.85. The summed E-state index contributed by atoms with van der Waals surface area (Å²) in [4.78, 5) is 26.9. The Morgan fingerprint density at radius 1 is 1.07 bits per heavy atom. The second kappa shape index (κ2) is 12.1. The molecule has 40 heavy (non-hydrogen) atoms. The highest BCUT2D eigenvalue weighted by Crippen LogP contribution is 2.39. The molecule has 3 aromatic rings. The molecule has 3 aromatic carbocycles. The number of amides is 2. The number of nitrogens with zero attached hydrogens (tertiary/aromatic N) is 1. The van der Waals surface area contributed by atoms with E-state index in [2.05, 4.69) is 5.32 Å². The fourth-order valence-corrected chi connectivity index (χ4v) is 5.30. The number of methoxy groups -OCH3 is 1. The minimum Gasteiger partial charge on any atom is -0.493 e. The second-order valence-corrected chi connectivity index (χ2v) is 10.7. The molecule has 208 valence electrons. The number of benzene rings is 3. The van der Waals surface area contributed by atoms with E-state index in [1.807, 2.05) is 38.1 Å². The maximum absolute atomic E-state index is 13.2. The summed E-state index contributed by atoms with van der Waals surface area (Å²) in [5.74, 6) is 0.0148. The van der Waals surface area contributed by atoms with Gasteiger partial charge < -0.3 is 14.8 Å². The van der Waals surface area contributed by atoms with Crippen LogP contribution in [0.1, 0.15) is 36.5 Å². The molecule has 0 radical (unpaired) electrons. The standard InChI is InChI=1S/C29H25F3N2O4S2/c1-17(2)21-9-4-5-10-22(21)33-26(35)16-38-23-12-11-18(13-24(23)37-3)14-25-27(36)34(28(39)40-25)20-8-6-7-19(15-20)29(30,31)32/h4-15,17H,16H2,1-3H3,(H,33,35)/b25-14+. The summed E-state index contributed by atoms with van der Waals surface area (Å²) in [7, 11) is 1.44. The smallest absolute Gasteiger partial charge is 0.416 e. The lowest BCUT2D eigenvalue weighted by Crippen LogP contribution is -2.27. The number of thiocarbonyl (C=S) groups is 1. The first-order valence-corrected chi connectivity index (χ1v) is 13.3. The third-order valence-corrected chi connectivity index (χ3v) is 7.23. The molecule has 0 aliphatic carbocycles. The molecule has 1 heterocycles. The fourth-order valence-electron chi connectivity index (χ4n) is 4.00. The summed E-state index contributed by atoms with van der Waals surface area (Å²) in [6.45, 7) is 3.83. The molecule has 0 spiro atoms. The predicted octanol–water partition coefficient (Wildman–Crippen LogP) is 7.26. The number of ether oxygens (including phenoxy) is 2. The largest absolute Gasteiger partial charge is 0.493 e. The predicted molar refractivity (Wildman–Crippen MR) is 155 cm³/mol. The van der Waals surface area contributed by atoms with Crippen LogP contribution in [0.5, 0.6) is 11.5 Å². The van der Waals surface area contributed by atoms with E-state index >= 15 is 0 Å². The number of halogens is 3. The van der Waals surface area contributed by atoms with Crippen LogP contribution in [0.25, 0.3) is 6.08 Å². The van der Waals surface area contributed by atoms with Gasteiger partial charge in [0, 0.05) is 5.69 Å². The average Bonchev–Trinajstić information content (AvgIpc) is 3.19. The number of carbonyl (C=O) groups is 2. The first kappa shape index (κ1) is 29.2. The van der Waals surface area contributed by atoms with Crippen LogP contribution in [0.3, 0.4) is 0 Å². The highest BCUT2D eigenvalue weighted by atomic mass is 32.2. The fraction of sp³-hybridized carbons (Fsp3) is 0.207. The van der Waals surface area contributed by atoms with E-state index in [1.54, 1.807) is 24.3 Å². The van der Waals surface area contributed by atoms with Crippen molar-refractivity contribution in [2.75, 3.05) is 23.9 Å². The Bertz CT molecular complexity index is 1490. The van der Waals surface area contributed by atoms with Gasteiger partial charge in [0.25, 0.3) is 11.8 Å². The van der Waals surface area contributed by atoms with E-state index in [4.69, 9.17) is 21.7 Å². The van der Waals surface area contributed by atoms with E-state index in [-0.39, 0.29) is 33.3 Å². The second-order valence-electron chi connectivity index (χ2n) is 9.05. The van der Waals surface area contributed by atoms with Crippen molar-refractivity contribution >= 4 is 57.6 Å². The lowest BCUT2D eigenvalue weighted by Gasteiger charge is -2.16. The number of carbonyl (C=O) groups excluding carboxylic acids is 2. The number of hydrogen-bond acceptors (Lipinski definition) is 6. The molecule has 1 saturated heterocycles. The van der Waals surface area contributed by atoms with Crippen molar-refractivity contribution in [2.24, 2.45) is 0 Å². The van der Waals surface area contributed by atoms with Crippen LogP contribution in [0, 0.1) is 0 Å². The molecule has 1 aliphatic rings. The van der Waals surface area contributed by atoms with E-state index in [9.17, 15) is 22.8 Å². The van der Waals surface area contributed by atoms with Gasteiger partial charge in [-0.2, -0.15) is 13.2 Å². The normalized spacial score (nSPS) is 14.7. The van der Waals surface area contributed by atoms with E-state index in [0.717, 1.165) is 40.0 Å². The molecule has 0 atom stereocenters. The van der Waals surface area contributed by atoms with Gasteiger partial charge >= 0.3 is 6.18 Å². The Hall–Kier alpha value is -3.83. The highest BCUT2D eigenvalue weighted by molar-refractivity contribution is 8.27. The quantitative estimate of drug-likeness (QED) is 0.221. The number of para-hydroxylation sites is 1. The van der Waals surface area contributed by atoms with Gasteiger partial charge in [-0.15, -0.1) is 0 Å². The summed E-state index contributed by atoms with van der Waals surface area (Å²) < 4.78 is 50.7. The Balaban J connectivity index is 1.47. The van der Waals surface area contributed by atoms with E-state index < -0.39 is 17.6 Å². The number of rotatable bonds is 8. The summed E-state index contributed by atoms with van der Waals surface area (Å²) in [6, 6.07) is 16.9. The molecule has 0 bridgehead atoms. The molecule has 1 aliphatic heterocycles. The number of thioether (sulfide) groups is 1. The Morgan fingerprint density at radius 2 is 1.82 bits per heavy atom. The molecular weight excluding hydrogens is 561 g/mol. The SMILES string of the molecule is COc1cc(/C=C2/SC(=S)N(c3cccc(C(F)(F)F)c3)C2=O)ccc1OCC(=O)Nc1ccccc1C(C)C. The van der Waals surface area contributed by atoms with Gasteiger partial charge in [-0.3, -0.25) is 14.5 Å². The van der Waals surface area contributed by atoms with Crippen LogP contribution in [0.2, 0.25) is 0 Å². The monoisotopic (exact) mass is 586 g/mol. The minimum atomic E-state index is -4.55. The molecule has 6 nitrogen and oxygen atoms in total. The number of alkyl halides is 3. The maximum Gasteiger partial charge on any atom is 0.416 e.